The summed E-state index contributed by atoms with van der Waals surface area (Å²) in [6.45, 7) is 9.77. The van der Waals surface area contributed by atoms with Crippen molar-refractivity contribution in [2.45, 2.75) is 65.9 Å². The van der Waals surface area contributed by atoms with Gasteiger partial charge in [-0.1, -0.05) is 38.8 Å². The van der Waals surface area contributed by atoms with Crippen molar-refractivity contribution in [1.29, 1.82) is 5.26 Å². The van der Waals surface area contributed by atoms with Gasteiger partial charge in [0.05, 0.1) is 13.2 Å². The van der Waals surface area contributed by atoms with Crippen molar-refractivity contribution in [2.24, 2.45) is 0 Å². The van der Waals surface area contributed by atoms with Gasteiger partial charge < -0.3 is 9.26 Å². The normalized spacial score (nSPS) is 12.3. The van der Waals surface area contributed by atoms with E-state index in [2.05, 4.69) is 0 Å². The molecule has 0 aliphatic carbocycles. The number of unbranched alkanes of at least 4 members (excludes halogenated alkanes) is 2. The molecule has 7 nitrogen and oxygen atoms in total. The molecular weight excluding hydrogens is 405 g/mol. The number of esters is 1. The lowest BCUT2D eigenvalue weighted by atomic mass is 10.1. The van der Waals surface area contributed by atoms with E-state index in [9.17, 15) is 14.6 Å². The summed E-state index contributed by atoms with van der Waals surface area (Å²) in [5.74, 6) is -0.386. The molecular formula is C22H32NO6P. The molecule has 0 aliphatic heterocycles. The van der Waals surface area contributed by atoms with Gasteiger partial charge in [-0.25, -0.2) is 9.36 Å². The van der Waals surface area contributed by atoms with Gasteiger partial charge in [0.15, 0.2) is 0 Å². The molecule has 0 fully saturated rings. The zero-order chi connectivity index (χ0) is 22.6. The Kier molecular flexibility index (Phi) is 10.8. The Labute approximate surface area is 179 Å². The summed E-state index contributed by atoms with van der Waals surface area (Å²) < 4.78 is 34.4. The molecule has 1 aromatic carbocycles. The fourth-order valence-corrected chi connectivity index (χ4v) is 3.39. The molecule has 1 rings (SSSR count). The summed E-state index contributed by atoms with van der Waals surface area (Å²) in [5, 5.41) is 9.25. The number of phosphoric ester groups is 1. The van der Waals surface area contributed by atoms with Crippen LogP contribution in [0.5, 0.6) is 5.75 Å². The van der Waals surface area contributed by atoms with Crippen molar-refractivity contribution >= 4 is 19.9 Å². The smallest absolute Gasteiger partial charge is 0.456 e. The highest BCUT2D eigenvalue weighted by Gasteiger charge is 2.28. The van der Waals surface area contributed by atoms with Crippen LogP contribution in [0.3, 0.4) is 0 Å². The average Bonchev–Trinajstić information content (AvgIpc) is 2.66. The maximum atomic E-state index is 12.9. The fraction of sp³-hybridized carbons (Fsp3) is 0.545. The molecule has 0 heterocycles. The maximum absolute atomic E-state index is 12.9. The lowest BCUT2D eigenvalue weighted by molar-refractivity contribution is -0.149. The Morgan fingerprint density at radius 3 is 2.03 bits per heavy atom. The maximum Gasteiger partial charge on any atom is 0.530 e. The zero-order valence-electron chi connectivity index (χ0n) is 18.5. The van der Waals surface area contributed by atoms with Crippen LogP contribution in [0.4, 0.5) is 0 Å². The highest BCUT2D eigenvalue weighted by molar-refractivity contribution is 7.48. The van der Waals surface area contributed by atoms with E-state index >= 15 is 0 Å². The Hall–Kier alpha value is -2.13. The number of phosphoric acid groups is 1. The zero-order valence-corrected chi connectivity index (χ0v) is 19.4. The average molecular weight is 437 g/mol. The predicted molar refractivity (Wildman–Crippen MR) is 116 cm³/mol. The van der Waals surface area contributed by atoms with E-state index in [4.69, 9.17) is 18.3 Å². The minimum absolute atomic E-state index is 0.116. The molecule has 0 aliphatic rings. The van der Waals surface area contributed by atoms with E-state index in [0.717, 1.165) is 25.7 Å². The standard InChI is InChI=1S/C22H32NO6P/c1-6-8-14-26-30(25,27-15-9-7-2)29-20-12-10-18(11-13-20)16-19(17-23)21(24)28-22(3,4)5/h10-13,16H,6-9,14-15H2,1-5H3/b19-16+. The number of carbonyl (C=O) groups excluding carboxylic acids is 1. The highest BCUT2D eigenvalue weighted by Crippen LogP contribution is 2.49. The monoisotopic (exact) mass is 437 g/mol. The van der Waals surface area contributed by atoms with Crippen LogP contribution in [0.2, 0.25) is 0 Å². The van der Waals surface area contributed by atoms with Crippen molar-refractivity contribution in [3.8, 4) is 11.8 Å². The molecule has 0 unspecified atom stereocenters. The molecule has 0 aromatic heterocycles. The SMILES string of the molecule is CCCCOP(=O)(OCCCC)Oc1ccc(/C=C(\C#N)C(=O)OC(C)(C)C)cc1. The Morgan fingerprint density at radius 2 is 1.60 bits per heavy atom. The largest absolute Gasteiger partial charge is 0.530 e. The van der Waals surface area contributed by atoms with Crippen LogP contribution in [-0.4, -0.2) is 24.8 Å². The fourth-order valence-electron chi connectivity index (χ4n) is 2.12. The minimum atomic E-state index is -3.73. The minimum Gasteiger partial charge on any atom is -0.456 e. The van der Waals surface area contributed by atoms with Crippen LogP contribution in [0.15, 0.2) is 29.8 Å². The third-order valence-electron chi connectivity index (χ3n) is 3.64. The Balaban J connectivity index is 2.90. The molecule has 0 N–H and O–H groups in total. The number of hydrogen-bond acceptors (Lipinski definition) is 7. The number of hydrogen-bond donors (Lipinski definition) is 0. The summed E-state index contributed by atoms with van der Waals surface area (Å²) in [6.07, 6.45) is 4.71. The predicted octanol–water partition coefficient (Wildman–Crippen LogP) is 6.06. The lowest BCUT2D eigenvalue weighted by Gasteiger charge is -2.19. The second-order valence-corrected chi connectivity index (χ2v) is 9.25. The van der Waals surface area contributed by atoms with Crippen LogP contribution in [-0.2, 0) is 23.1 Å². The van der Waals surface area contributed by atoms with Crippen LogP contribution in [0.1, 0.15) is 65.9 Å². The first-order valence-corrected chi connectivity index (χ1v) is 11.6. The van der Waals surface area contributed by atoms with Gasteiger partial charge in [0.2, 0.25) is 0 Å². The molecule has 1 aromatic rings. The quantitative estimate of drug-likeness (QED) is 0.129. The lowest BCUT2D eigenvalue weighted by Crippen LogP contribution is -2.24. The van der Waals surface area contributed by atoms with Crippen LogP contribution in [0.25, 0.3) is 6.08 Å². The first kappa shape index (κ1) is 25.9. The van der Waals surface area contributed by atoms with Crippen molar-refractivity contribution in [2.75, 3.05) is 13.2 Å². The van der Waals surface area contributed by atoms with Crippen LogP contribution in [0, 0.1) is 11.3 Å². The number of nitrogens with zero attached hydrogens (tertiary/aromatic N) is 1. The molecule has 0 saturated carbocycles. The first-order valence-electron chi connectivity index (χ1n) is 10.2. The van der Waals surface area contributed by atoms with Crippen molar-refractivity contribution in [3.63, 3.8) is 0 Å². The molecule has 0 radical (unpaired) electrons. The summed E-state index contributed by atoms with van der Waals surface area (Å²) in [6, 6.07) is 8.29. The van der Waals surface area contributed by atoms with Crippen LogP contribution < -0.4 is 4.52 Å². The molecule has 0 saturated heterocycles. The summed E-state index contributed by atoms with van der Waals surface area (Å²) >= 11 is 0. The number of carbonyl (C=O) groups is 1. The number of nitriles is 1. The molecule has 0 atom stereocenters. The summed E-state index contributed by atoms with van der Waals surface area (Å²) in [7, 11) is -3.73. The second-order valence-electron chi connectivity index (χ2n) is 7.65. The van der Waals surface area contributed by atoms with Crippen molar-refractivity contribution < 1.29 is 27.7 Å². The molecule has 0 bridgehead atoms. The molecule has 0 amide bonds. The first-order chi connectivity index (χ1) is 14.1. The second kappa shape index (κ2) is 12.5. The molecule has 166 valence electrons. The van der Waals surface area contributed by atoms with Gasteiger partial charge in [0.1, 0.15) is 23.0 Å². The van der Waals surface area contributed by atoms with Gasteiger partial charge in [0.25, 0.3) is 0 Å². The van der Waals surface area contributed by atoms with Gasteiger partial charge >= 0.3 is 13.8 Å². The van der Waals surface area contributed by atoms with E-state index in [1.54, 1.807) is 45.0 Å². The topological polar surface area (TPSA) is 94.9 Å². The van der Waals surface area contributed by atoms with E-state index < -0.39 is 19.4 Å². The van der Waals surface area contributed by atoms with Crippen molar-refractivity contribution in [1.82, 2.24) is 0 Å². The Morgan fingerprint density at radius 1 is 1.07 bits per heavy atom. The van der Waals surface area contributed by atoms with E-state index in [1.165, 1.54) is 6.08 Å². The van der Waals surface area contributed by atoms with E-state index in [1.807, 2.05) is 19.9 Å². The number of benzene rings is 1. The number of ether oxygens (including phenoxy) is 1. The summed E-state index contributed by atoms with van der Waals surface area (Å²) in [5.41, 5.74) is -0.213. The van der Waals surface area contributed by atoms with Crippen LogP contribution >= 0.6 is 7.82 Å². The molecule has 8 heteroatoms. The van der Waals surface area contributed by atoms with E-state index in [0.29, 0.717) is 11.3 Å². The summed E-state index contributed by atoms with van der Waals surface area (Å²) in [4.78, 5) is 12.1. The Bertz CT molecular complexity index is 775. The third kappa shape index (κ3) is 10.1. The van der Waals surface area contributed by atoms with Gasteiger partial charge in [-0.15, -0.1) is 0 Å². The number of rotatable bonds is 12. The van der Waals surface area contributed by atoms with E-state index in [-0.39, 0.29) is 18.8 Å². The molecule has 30 heavy (non-hydrogen) atoms. The van der Waals surface area contributed by atoms with Crippen molar-refractivity contribution in [3.05, 3.63) is 35.4 Å². The van der Waals surface area contributed by atoms with Gasteiger partial charge in [-0.05, 0) is 57.4 Å². The van der Waals surface area contributed by atoms with Gasteiger partial charge in [-0.3, -0.25) is 9.05 Å². The van der Waals surface area contributed by atoms with Gasteiger partial charge in [0, 0.05) is 0 Å². The molecule has 0 spiro atoms. The highest BCUT2D eigenvalue weighted by atomic mass is 31.2. The van der Waals surface area contributed by atoms with Gasteiger partial charge in [-0.2, -0.15) is 5.26 Å². The third-order valence-corrected chi connectivity index (χ3v) is 5.07.